The fraction of sp³-hybridized carbons (Fsp3) is 0.333. The number of allylic oxidation sites excluding steroid dienone is 1. The molecule has 0 unspecified atom stereocenters. The number of aliphatic imine (C=N–C) groups is 1. The van der Waals surface area contributed by atoms with E-state index in [1.54, 1.807) is 31.2 Å². The predicted octanol–water partition coefficient (Wildman–Crippen LogP) is 2.57. The monoisotopic (exact) mass is 524 g/mol. The van der Waals surface area contributed by atoms with Gasteiger partial charge in [-0.2, -0.15) is 18.2 Å². The van der Waals surface area contributed by atoms with Crippen molar-refractivity contribution in [1.29, 1.82) is 0 Å². The van der Waals surface area contributed by atoms with Crippen LogP contribution in [0.2, 0.25) is 0 Å². The van der Waals surface area contributed by atoms with Crippen LogP contribution in [-0.4, -0.2) is 66.0 Å². The van der Waals surface area contributed by atoms with Gasteiger partial charge in [-0.1, -0.05) is 0 Å². The summed E-state index contributed by atoms with van der Waals surface area (Å²) >= 11 is 0. The first-order chi connectivity index (χ1) is 16.8. The number of fused-ring (bicyclic) bond motifs is 1. The summed E-state index contributed by atoms with van der Waals surface area (Å²) in [7, 11) is -2.34. The molecule has 2 aliphatic heterocycles. The molecule has 1 amide bonds. The van der Waals surface area contributed by atoms with Gasteiger partial charge in [-0.25, -0.2) is 22.7 Å². The molecule has 0 spiro atoms. The third kappa shape index (κ3) is 5.50. The van der Waals surface area contributed by atoms with Crippen LogP contribution in [0, 0.1) is 0 Å². The summed E-state index contributed by atoms with van der Waals surface area (Å²) in [6.07, 6.45) is -1.16. The number of benzene rings is 1. The van der Waals surface area contributed by atoms with E-state index in [9.17, 15) is 26.4 Å². The number of nitrogens with zero attached hydrogens (tertiary/aromatic N) is 5. The number of carbonyl (C=O) groups excluding carboxylic acids is 1. The Bertz CT molecular complexity index is 1370. The van der Waals surface area contributed by atoms with E-state index in [2.05, 4.69) is 30.9 Å². The number of alkyl halides is 3. The van der Waals surface area contributed by atoms with Crippen LogP contribution in [0.5, 0.6) is 0 Å². The van der Waals surface area contributed by atoms with Crippen molar-refractivity contribution in [3.8, 4) is 0 Å². The molecule has 11 nitrogen and oxygen atoms in total. The highest BCUT2D eigenvalue weighted by molar-refractivity contribution is 7.88. The molecule has 15 heteroatoms. The van der Waals surface area contributed by atoms with Crippen LogP contribution in [0.15, 0.2) is 41.2 Å². The lowest BCUT2D eigenvalue weighted by molar-refractivity contribution is -0.137. The number of guanidine groups is 1. The number of halogens is 3. The quantitative estimate of drug-likeness (QED) is 0.526. The zero-order valence-corrected chi connectivity index (χ0v) is 20.3. The number of aromatic nitrogens is 2. The first kappa shape index (κ1) is 25.2. The number of anilines is 4. The molecule has 0 saturated carbocycles. The smallest absolute Gasteiger partial charge is 0.352 e. The Hall–Kier alpha value is -3.88. The van der Waals surface area contributed by atoms with E-state index in [0.717, 1.165) is 16.1 Å². The second-order valence-corrected chi connectivity index (χ2v) is 10.2. The number of hydrogen-bond donors (Lipinski definition) is 3. The minimum Gasteiger partial charge on any atom is -0.352 e. The molecule has 36 heavy (non-hydrogen) atoms. The van der Waals surface area contributed by atoms with Crippen LogP contribution in [0.1, 0.15) is 18.1 Å². The molecule has 0 bridgehead atoms. The average molecular weight is 525 g/mol. The van der Waals surface area contributed by atoms with Crippen molar-refractivity contribution < 1.29 is 26.4 Å². The Morgan fingerprint density at radius 1 is 1.28 bits per heavy atom. The highest BCUT2D eigenvalue weighted by Crippen LogP contribution is 2.34. The highest BCUT2D eigenvalue weighted by Gasteiger charge is 2.36. The fourth-order valence-corrected chi connectivity index (χ4v) is 3.99. The van der Waals surface area contributed by atoms with Crippen LogP contribution < -0.4 is 16.0 Å². The first-order valence-corrected chi connectivity index (χ1v) is 12.5. The zero-order valence-electron chi connectivity index (χ0n) is 19.5. The van der Waals surface area contributed by atoms with Crippen molar-refractivity contribution in [2.75, 3.05) is 42.5 Å². The highest BCUT2D eigenvalue weighted by atomic mass is 32.2. The van der Waals surface area contributed by atoms with Crippen LogP contribution in [0.4, 0.5) is 36.3 Å². The molecule has 1 aromatic carbocycles. The van der Waals surface area contributed by atoms with Crippen molar-refractivity contribution in [2.24, 2.45) is 4.99 Å². The lowest BCUT2D eigenvalue weighted by atomic mass is 10.1. The molecule has 1 aromatic heterocycles. The van der Waals surface area contributed by atoms with E-state index in [1.165, 1.54) is 11.9 Å². The number of hydrogen-bond acceptors (Lipinski definition) is 9. The van der Waals surface area contributed by atoms with Crippen molar-refractivity contribution in [2.45, 2.75) is 19.5 Å². The number of sulfonamides is 1. The third-order valence-corrected chi connectivity index (χ3v) is 6.62. The van der Waals surface area contributed by atoms with Gasteiger partial charge in [0.2, 0.25) is 27.8 Å². The van der Waals surface area contributed by atoms with Gasteiger partial charge >= 0.3 is 6.18 Å². The van der Waals surface area contributed by atoms with E-state index in [4.69, 9.17) is 0 Å². The molecule has 2 aliphatic rings. The molecule has 4 rings (SSSR count). The maximum absolute atomic E-state index is 13.7. The second-order valence-electron chi connectivity index (χ2n) is 8.22. The molecule has 0 fully saturated rings. The summed E-state index contributed by atoms with van der Waals surface area (Å²) in [6.45, 7) is 1.70. The molecular formula is C21H23F3N8O3S. The van der Waals surface area contributed by atoms with E-state index in [0.29, 0.717) is 23.3 Å². The Morgan fingerprint density at radius 3 is 2.72 bits per heavy atom. The number of rotatable bonds is 6. The van der Waals surface area contributed by atoms with E-state index in [-0.39, 0.29) is 37.4 Å². The maximum atomic E-state index is 13.7. The molecule has 0 saturated heterocycles. The minimum absolute atomic E-state index is 0.0623. The van der Waals surface area contributed by atoms with E-state index in [1.807, 2.05) is 0 Å². The van der Waals surface area contributed by atoms with Gasteiger partial charge in [0.15, 0.2) is 0 Å². The van der Waals surface area contributed by atoms with Gasteiger partial charge in [-0.15, -0.1) is 0 Å². The standard InChI is InChI=1S/C21H23F3N8O3S/c1-12-6-7-32(20(27-12)31(2)36(3,34)35)11-26-18-15(21(22,23)24)10-25-19(30-18)28-14-4-5-16-13(8-14)9-17(33)29-16/h4-6,8,10H,7,9,11H2,1-3H3,(H,29,33)(H2,25,26,28,30). The zero-order chi connectivity index (χ0) is 26.3. The first-order valence-electron chi connectivity index (χ1n) is 10.6. The Morgan fingerprint density at radius 2 is 2.03 bits per heavy atom. The molecule has 3 N–H and O–H groups in total. The summed E-state index contributed by atoms with van der Waals surface area (Å²) < 4.78 is 66.0. The number of amides is 1. The average Bonchev–Trinajstić information content (AvgIpc) is 3.15. The van der Waals surface area contributed by atoms with Crippen molar-refractivity contribution in [1.82, 2.24) is 19.2 Å². The molecule has 3 heterocycles. The molecule has 2 aromatic rings. The molecule has 0 aliphatic carbocycles. The largest absolute Gasteiger partial charge is 0.421 e. The predicted molar refractivity (Wildman–Crippen MR) is 128 cm³/mol. The number of carbonyl (C=O) groups is 1. The summed E-state index contributed by atoms with van der Waals surface area (Å²) in [6, 6.07) is 5.01. The Labute approximate surface area is 205 Å². The maximum Gasteiger partial charge on any atom is 0.421 e. The van der Waals surface area contributed by atoms with E-state index < -0.39 is 27.6 Å². The van der Waals surface area contributed by atoms with Crippen LogP contribution in [0.25, 0.3) is 0 Å². The number of nitrogens with one attached hydrogen (secondary N) is 3. The normalized spacial score (nSPS) is 15.6. The lowest BCUT2D eigenvalue weighted by Crippen LogP contribution is -2.48. The van der Waals surface area contributed by atoms with Gasteiger partial charge in [0.05, 0.1) is 19.3 Å². The van der Waals surface area contributed by atoms with Crippen molar-refractivity contribution >= 4 is 45.0 Å². The molecular weight excluding hydrogens is 501 g/mol. The second kappa shape index (κ2) is 9.29. The Balaban J connectivity index is 1.57. The van der Waals surface area contributed by atoms with Crippen LogP contribution >= 0.6 is 0 Å². The third-order valence-electron chi connectivity index (χ3n) is 5.46. The molecule has 192 valence electrons. The van der Waals surface area contributed by atoms with Gasteiger partial charge in [-0.3, -0.25) is 4.79 Å². The summed E-state index contributed by atoms with van der Waals surface area (Å²) in [4.78, 5) is 25.1. The fourth-order valence-electron chi connectivity index (χ4n) is 3.54. The van der Waals surface area contributed by atoms with Crippen LogP contribution in [0.3, 0.4) is 0 Å². The topological polar surface area (TPSA) is 132 Å². The van der Waals surface area contributed by atoms with Gasteiger partial charge < -0.3 is 20.9 Å². The van der Waals surface area contributed by atoms with Crippen LogP contribution in [-0.2, 0) is 27.4 Å². The lowest BCUT2D eigenvalue weighted by Gasteiger charge is -2.32. The van der Waals surface area contributed by atoms with Crippen molar-refractivity contribution in [3.63, 3.8) is 0 Å². The molecule has 0 radical (unpaired) electrons. The SMILES string of the molecule is CC1=CCN(CNc2nc(Nc3ccc4c(c3)CC(=O)N4)ncc2C(F)(F)F)C(N(C)S(C)(=O)=O)=N1. The van der Waals surface area contributed by atoms with Gasteiger partial charge in [0.1, 0.15) is 11.4 Å². The summed E-state index contributed by atoms with van der Waals surface area (Å²) in [5.41, 5.74) is 1.40. The van der Waals surface area contributed by atoms with Gasteiger partial charge in [-0.05, 0) is 36.8 Å². The summed E-state index contributed by atoms with van der Waals surface area (Å²) in [5, 5.41) is 8.20. The van der Waals surface area contributed by atoms with Gasteiger partial charge in [0, 0.05) is 36.9 Å². The van der Waals surface area contributed by atoms with Gasteiger partial charge in [0.25, 0.3) is 0 Å². The summed E-state index contributed by atoms with van der Waals surface area (Å²) in [5.74, 6) is -0.677. The van der Waals surface area contributed by atoms with E-state index >= 15 is 0 Å². The molecule has 0 atom stereocenters. The minimum atomic E-state index is -4.74. The Kier molecular flexibility index (Phi) is 6.51. The van der Waals surface area contributed by atoms with Crippen molar-refractivity contribution in [3.05, 3.63) is 47.3 Å².